The Morgan fingerprint density at radius 1 is 1.42 bits per heavy atom. The van der Waals surface area contributed by atoms with Gasteiger partial charge < -0.3 is 10.5 Å². The van der Waals surface area contributed by atoms with Gasteiger partial charge in [0.05, 0.1) is 18.5 Å². The zero-order chi connectivity index (χ0) is 14.0. The van der Waals surface area contributed by atoms with Gasteiger partial charge in [-0.05, 0) is 19.1 Å². The van der Waals surface area contributed by atoms with Crippen LogP contribution >= 0.6 is 11.3 Å². The van der Waals surface area contributed by atoms with Crippen LogP contribution in [0.1, 0.15) is 5.69 Å². The van der Waals surface area contributed by atoms with E-state index in [1.807, 2.05) is 0 Å². The van der Waals surface area contributed by atoms with E-state index >= 15 is 0 Å². The first-order valence-corrected chi connectivity index (χ1v) is 7.62. The van der Waals surface area contributed by atoms with Crippen LogP contribution in [0.25, 0.3) is 0 Å². The molecule has 0 aliphatic carbocycles. The predicted octanol–water partition coefficient (Wildman–Crippen LogP) is 1.84. The summed E-state index contributed by atoms with van der Waals surface area (Å²) in [6, 6.07) is 6.66. The maximum Gasteiger partial charge on any atom is 0.273 e. The highest BCUT2D eigenvalue weighted by molar-refractivity contribution is 7.94. The number of nitrogens with zero attached hydrogens (tertiary/aromatic N) is 1. The summed E-state index contributed by atoms with van der Waals surface area (Å²) >= 11 is 0.935. The molecule has 0 atom stereocenters. The van der Waals surface area contributed by atoms with E-state index in [0.717, 1.165) is 11.3 Å². The van der Waals surface area contributed by atoms with Gasteiger partial charge >= 0.3 is 0 Å². The molecule has 0 saturated heterocycles. The highest BCUT2D eigenvalue weighted by Gasteiger charge is 2.21. The monoisotopic (exact) mass is 299 g/mol. The SMILES string of the molecule is COc1cccc(NS(=O)(=O)c2sc(N)nc2C)c1. The second kappa shape index (κ2) is 5.06. The third kappa shape index (κ3) is 2.96. The molecule has 0 radical (unpaired) electrons. The number of sulfonamides is 1. The molecule has 0 amide bonds. The van der Waals surface area contributed by atoms with Gasteiger partial charge in [-0.3, -0.25) is 4.72 Å². The number of thiazole rings is 1. The van der Waals surface area contributed by atoms with Crippen molar-refractivity contribution in [2.45, 2.75) is 11.1 Å². The number of benzene rings is 1. The lowest BCUT2D eigenvalue weighted by Gasteiger charge is -2.08. The van der Waals surface area contributed by atoms with E-state index in [1.165, 1.54) is 7.11 Å². The van der Waals surface area contributed by atoms with Crippen LogP contribution in [0.5, 0.6) is 5.75 Å². The first-order valence-electron chi connectivity index (χ1n) is 5.32. The Hall–Kier alpha value is -1.80. The van der Waals surface area contributed by atoms with E-state index in [9.17, 15) is 8.42 Å². The van der Waals surface area contributed by atoms with E-state index in [4.69, 9.17) is 10.5 Å². The van der Waals surface area contributed by atoms with Crippen molar-refractivity contribution in [3.63, 3.8) is 0 Å². The van der Waals surface area contributed by atoms with E-state index in [-0.39, 0.29) is 9.34 Å². The molecule has 0 bridgehead atoms. The van der Waals surface area contributed by atoms with E-state index in [0.29, 0.717) is 17.1 Å². The number of aromatic nitrogens is 1. The molecule has 1 aromatic carbocycles. The summed E-state index contributed by atoms with van der Waals surface area (Å²) < 4.78 is 32.0. The average Bonchev–Trinajstić information content (AvgIpc) is 2.69. The van der Waals surface area contributed by atoms with Crippen molar-refractivity contribution < 1.29 is 13.2 Å². The number of ether oxygens (including phenoxy) is 1. The summed E-state index contributed by atoms with van der Waals surface area (Å²) in [5.74, 6) is 0.570. The number of rotatable bonds is 4. The Bertz CT molecular complexity index is 695. The molecule has 0 fully saturated rings. The van der Waals surface area contributed by atoms with Gasteiger partial charge in [0.15, 0.2) is 9.34 Å². The van der Waals surface area contributed by atoms with Crippen LogP contribution in [-0.4, -0.2) is 20.5 Å². The molecule has 1 heterocycles. The fourth-order valence-electron chi connectivity index (χ4n) is 1.54. The molecular formula is C11H13N3O3S2. The number of aryl methyl sites for hydroxylation is 1. The fraction of sp³-hybridized carbons (Fsp3) is 0.182. The van der Waals surface area contributed by atoms with Crippen molar-refractivity contribution in [1.29, 1.82) is 0 Å². The topological polar surface area (TPSA) is 94.3 Å². The molecule has 0 unspecified atom stereocenters. The molecule has 19 heavy (non-hydrogen) atoms. The molecule has 0 aliphatic rings. The van der Waals surface area contributed by atoms with E-state index in [2.05, 4.69) is 9.71 Å². The molecule has 8 heteroatoms. The van der Waals surface area contributed by atoms with Gasteiger partial charge in [-0.25, -0.2) is 13.4 Å². The number of hydrogen-bond donors (Lipinski definition) is 2. The molecule has 2 rings (SSSR count). The second-order valence-electron chi connectivity index (χ2n) is 3.76. The molecule has 0 saturated carbocycles. The predicted molar refractivity (Wildman–Crippen MR) is 75.1 cm³/mol. The molecular weight excluding hydrogens is 286 g/mol. The van der Waals surface area contributed by atoms with Crippen LogP contribution in [-0.2, 0) is 10.0 Å². The minimum absolute atomic E-state index is 0.118. The standard InChI is InChI=1S/C11H13N3O3S2/c1-7-10(18-11(12)13-7)19(15,16)14-8-4-3-5-9(6-8)17-2/h3-6,14H,1-2H3,(H2,12,13). The smallest absolute Gasteiger partial charge is 0.273 e. The van der Waals surface area contributed by atoms with Crippen molar-refractivity contribution in [2.24, 2.45) is 0 Å². The second-order valence-corrected chi connectivity index (χ2v) is 6.67. The van der Waals surface area contributed by atoms with E-state index < -0.39 is 10.0 Å². The molecule has 102 valence electrons. The average molecular weight is 299 g/mol. The Labute approximate surface area is 115 Å². The van der Waals surface area contributed by atoms with Gasteiger partial charge in [-0.2, -0.15) is 0 Å². The van der Waals surface area contributed by atoms with Gasteiger partial charge in [-0.15, -0.1) is 0 Å². The molecule has 2 aromatic rings. The normalized spacial score (nSPS) is 11.3. The van der Waals surface area contributed by atoms with Crippen molar-refractivity contribution in [1.82, 2.24) is 4.98 Å². The Balaban J connectivity index is 2.33. The largest absolute Gasteiger partial charge is 0.497 e. The molecule has 0 spiro atoms. The van der Waals surface area contributed by atoms with E-state index in [1.54, 1.807) is 31.2 Å². The Kier molecular flexibility index (Phi) is 3.63. The number of anilines is 2. The summed E-state index contributed by atoms with van der Waals surface area (Å²) in [5.41, 5.74) is 6.32. The number of nitrogens with two attached hydrogens (primary N) is 1. The Morgan fingerprint density at radius 2 is 2.16 bits per heavy atom. The number of hydrogen-bond acceptors (Lipinski definition) is 6. The van der Waals surface area contributed by atoms with Crippen LogP contribution in [0.15, 0.2) is 28.5 Å². The third-order valence-electron chi connectivity index (χ3n) is 2.34. The summed E-state index contributed by atoms with van der Waals surface area (Å²) in [4.78, 5) is 3.91. The lowest BCUT2D eigenvalue weighted by atomic mass is 10.3. The molecule has 3 N–H and O–H groups in total. The minimum Gasteiger partial charge on any atom is -0.497 e. The Morgan fingerprint density at radius 3 is 2.74 bits per heavy atom. The van der Waals surface area contributed by atoms with Crippen molar-refractivity contribution in [3.8, 4) is 5.75 Å². The van der Waals surface area contributed by atoms with Crippen LogP contribution in [0.4, 0.5) is 10.8 Å². The summed E-state index contributed by atoms with van der Waals surface area (Å²) in [6.45, 7) is 1.60. The number of nitrogens with one attached hydrogen (secondary N) is 1. The van der Waals surface area contributed by atoms with Gasteiger partial charge in [0.25, 0.3) is 10.0 Å². The first-order chi connectivity index (χ1) is 8.92. The quantitative estimate of drug-likeness (QED) is 0.898. The number of methoxy groups -OCH3 is 1. The zero-order valence-electron chi connectivity index (χ0n) is 10.4. The van der Waals surface area contributed by atoms with Gasteiger partial charge in [0.1, 0.15) is 5.75 Å². The van der Waals surface area contributed by atoms with Crippen LogP contribution in [0.2, 0.25) is 0 Å². The lowest BCUT2D eigenvalue weighted by Crippen LogP contribution is -2.12. The van der Waals surface area contributed by atoms with Gasteiger partial charge in [0, 0.05) is 6.07 Å². The van der Waals surface area contributed by atoms with Gasteiger partial charge in [-0.1, -0.05) is 17.4 Å². The molecule has 6 nitrogen and oxygen atoms in total. The van der Waals surface area contributed by atoms with Gasteiger partial charge in [0.2, 0.25) is 0 Å². The third-order valence-corrected chi connectivity index (χ3v) is 5.31. The highest BCUT2D eigenvalue weighted by Crippen LogP contribution is 2.27. The number of nitrogen functional groups attached to an aromatic ring is 1. The highest BCUT2D eigenvalue weighted by atomic mass is 32.2. The maximum absolute atomic E-state index is 12.2. The van der Waals surface area contributed by atoms with Crippen molar-refractivity contribution >= 4 is 32.2 Å². The summed E-state index contributed by atoms with van der Waals surface area (Å²) in [6.07, 6.45) is 0. The first kappa shape index (κ1) is 13.6. The van der Waals surface area contributed by atoms with Crippen molar-refractivity contribution in [3.05, 3.63) is 30.0 Å². The lowest BCUT2D eigenvalue weighted by molar-refractivity contribution is 0.415. The fourth-order valence-corrected chi connectivity index (χ4v) is 3.89. The zero-order valence-corrected chi connectivity index (χ0v) is 12.0. The summed E-state index contributed by atoms with van der Waals surface area (Å²) in [5, 5.41) is 0.225. The maximum atomic E-state index is 12.2. The van der Waals surface area contributed by atoms with Crippen LogP contribution in [0, 0.1) is 6.92 Å². The van der Waals surface area contributed by atoms with Crippen LogP contribution < -0.4 is 15.2 Å². The van der Waals surface area contributed by atoms with Crippen molar-refractivity contribution in [2.75, 3.05) is 17.6 Å². The molecule has 0 aliphatic heterocycles. The summed E-state index contributed by atoms with van der Waals surface area (Å²) in [7, 11) is -2.16. The molecule has 1 aromatic heterocycles. The minimum atomic E-state index is -3.68. The van der Waals surface area contributed by atoms with Crippen LogP contribution in [0.3, 0.4) is 0 Å².